The second-order valence-electron chi connectivity index (χ2n) is 7.36. The van der Waals surface area contributed by atoms with Crippen molar-refractivity contribution >= 4 is 5.95 Å². The summed E-state index contributed by atoms with van der Waals surface area (Å²) in [5.41, 5.74) is 0.567. The summed E-state index contributed by atoms with van der Waals surface area (Å²) in [6, 6.07) is 8.57. The minimum atomic E-state index is -1.37. The Hall–Kier alpha value is -3.17. The van der Waals surface area contributed by atoms with Crippen molar-refractivity contribution in [1.82, 2.24) is 14.5 Å². The minimum absolute atomic E-state index is 0.199. The molecule has 1 atom stereocenters. The maximum atomic E-state index is 13.9. The number of aliphatic hydroxyl groups is 1. The zero-order chi connectivity index (χ0) is 21.8. The van der Waals surface area contributed by atoms with Gasteiger partial charge in [-0.1, -0.05) is 12.1 Å². The van der Waals surface area contributed by atoms with Crippen LogP contribution in [0.1, 0.15) is 24.5 Å². The van der Waals surface area contributed by atoms with Crippen molar-refractivity contribution < 1.29 is 18.6 Å². The van der Waals surface area contributed by atoms with E-state index in [0.29, 0.717) is 30.4 Å². The SMILES string of the molecule is O=c1cc(-c2ccnc(NC3CCOCC3)n2)ccn1C[C@@H](O)c1cccc(F)c1F. The molecule has 4 rings (SSSR count). The Kier molecular flexibility index (Phi) is 6.34. The van der Waals surface area contributed by atoms with E-state index in [-0.39, 0.29) is 18.2 Å². The molecule has 0 saturated carbocycles. The molecule has 0 aliphatic carbocycles. The first-order valence-corrected chi connectivity index (χ1v) is 10.0. The highest BCUT2D eigenvalue weighted by molar-refractivity contribution is 5.59. The fourth-order valence-corrected chi connectivity index (χ4v) is 3.49. The second-order valence-corrected chi connectivity index (χ2v) is 7.36. The van der Waals surface area contributed by atoms with Crippen LogP contribution in [0.15, 0.2) is 53.6 Å². The van der Waals surface area contributed by atoms with Gasteiger partial charge in [-0.2, -0.15) is 0 Å². The maximum Gasteiger partial charge on any atom is 0.251 e. The van der Waals surface area contributed by atoms with E-state index in [1.165, 1.54) is 29.0 Å². The van der Waals surface area contributed by atoms with E-state index < -0.39 is 23.3 Å². The van der Waals surface area contributed by atoms with Crippen LogP contribution < -0.4 is 10.9 Å². The van der Waals surface area contributed by atoms with Crippen molar-refractivity contribution in [2.75, 3.05) is 18.5 Å². The van der Waals surface area contributed by atoms with E-state index >= 15 is 0 Å². The second kappa shape index (κ2) is 9.32. The summed E-state index contributed by atoms with van der Waals surface area (Å²) in [6.45, 7) is 1.18. The van der Waals surface area contributed by atoms with Gasteiger partial charge in [0.15, 0.2) is 11.6 Å². The summed E-state index contributed by atoms with van der Waals surface area (Å²) in [4.78, 5) is 21.3. The first-order valence-electron chi connectivity index (χ1n) is 10.0. The highest BCUT2D eigenvalue weighted by Crippen LogP contribution is 2.21. The number of nitrogens with zero attached hydrogens (tertiary/aromatic N) is 3. The number of hydrogen-bond acceptors (Lipinski definition) is 6. The van der Waals surface area contributed by atoms with Crippen LogP contribution >= 0.6 is 0 Å². The van der Waals surface area contributed by atoms with E-state index in [1.54, 1.807) is 18.3 Å². The highest BCUT2D eigenvalue weighted by atomic mass is 19.2. The average molecular weight is 428 g/mol. The molecule has 0 spiro atoms. The number of nitrogens with one attached hydrogen (secondary N) is 1. The van der Waals surface area contributed by atoms with Crippen LogP contribution in [0.2, 0.25) is 0 Å². The normalized spacial score (nSPS) is 15.6. The first kappa shape index (κ1) is 21.1. The summed E-state index contributed by atoms with van der Waals surface area (Å²) in [5, 5.41) is 13.6. The zero-order valence-electron chi connectivity index (χ0n) is 16.7. The standard InChI is InChI=1S/C22H22F2N4O3/c23-17-3-1-2-16(21(17)24)19(29)13-28-9-5-14(12-20(28)30)18-4-8-25-22(27-18)26-15-6-10-31-11-7-15/h1-5,8-9,12,15,19,29H,6-7,10-11,13H2,(H,25,26,27)/t19-/m1/s1. The number of anilines is 1. The Morgan fingerprint density at radius 2 is 2.03 bits per heavy atom. The lowest BCUT2D eigenvalue weighted by molar-refractivity contribution is 0.0903. The fraction of sp³-hybridized carbons (Fsp3) is 0.318. The molecule has 1 fully saturated rings. The van der Waals surface area contributed by atoms with Crippen LogP contribution in [0, 0.1) is 11.6 Å². The highest BCUT2D eigenvalue weighted by Gasteiger charge is 2.18. The van der Waals surface area contributed by atoms with Crippen LogP contribution in [0.3, 0.4) is 0 Å². The molecule has 2 N–H and O–H groups in total. The van der Waals surface area contributed by atoms with Crippen molar-refractivity contribution in [3.63, 3.8) is 0 Å². The first-order chi connectivity index (χ1) is 15.0. The zero-order valence-corrected chi connectivity index (χ0v) is 16.7. The van der Waals surface area contributed by atoms with Crippen LogP contribution in [-0.2, 0) is 11.3 Å². The molecule has 3 aromatic rings. The van der Waals surface area contributed by atoms with E-state index in [4.69, 9.17) is 4.74 Å². The van der Waals surface area contributed by atoms with Gasteiger partial charge in [0.25, 0.3) is 5.56 Å². The Labute approximate surface area is 177 Å². The molecule has 1 aliphatic rings. The average Bonchev–Trinajstić information content (AvgIpc) is 2.78. The number of aliphatic hydroxyl groups excluding tert-OH is 1. The van der Waals surface area contributed by atoms with Gasteiger partial charge >= 0.3 is 0 Å². The molecular weight excluding hydrogens is 406 g/mol. The third-order valence-corrected chi connectivity index (χ3v) is 5.21. The van der Waals surface area contributed by atoms with Gasteiger partial charge in [-0.15, -0.1) is 0 Å². The number of halogens is 2. The van der Waals surface area contributed by atoms with Gasteiger partial charge in [0.2, 0.25) is 5.95 Å². The number of hydrogen-bond donors (Lipinski definition) is 2. The molecule has 3 heterocycles. The third kappa shape index (κ3) is 4.95. The summed E-state index contributed by atoms with van der Waals surface area (Å²) in [5.74, 6) is -1.69. The molecule has 0 unspecified atom stereocenters. The van der Waals surface area contributed by atoms with Crippen molar-refractivity contribution in [2.45, 2.75) is 31.5 Å². The van der Waals surface area contributed by atoms with Gasteiger partial charge in [-0.05, 0) is 31.0 Å². The molecule has 0 bridgehead atoms. The Balaban J connectivity index is 1.50. The molecule has 1 aromatic carbocycles. The predicted octanol–water partition coefficient (Wildman–Crippen LogP) is 2.91. The van der Waals surface area contributed by atoms with Crippen LogP contribution in [0.5, 0.6) is 0 Å². The van der Waals surface area contributed by atoms with Gasteiger partial charge in [-0.3, -0.25) is 4.79 Å². The predicted molar refractivity (Wildman–Crippen MR) is 111 cm³/mol. The van der Waals surface area contributed by atoms with Crippen LogP contribution in [-0.4, -0.2) is 38.9 Å². The van der Waals surface area contributed by atoms with Gasteiger partial charge in [0, 0.05) is 48.8 Å². The smallest absolute Gasteiger partial charge is 0.251 e. The van der Waals surface area contributed by atoms with Crippen molar-refractivity contribution in [1.29, 1.82) is 0 Å². The minimum Gasteiger partial charge on any atom is -0.386 e. The lowest BCUT2D eigenvalue weighted by atomic mass is 10.1. The van der Waals surface area contributed by atoms with Gasteiger partial charge in [0.1, 0.15) is 0 Å². The number of rotatable bonds is 6. The molecular formula is C22H22F2N4O3. The summed E-state index contributed by atoms with van der Waals surface area (Å²) in [6.07, 6.45) is 3.49. The maximum absolute atomic E-state index is 13.9. The molecule has 1 aliphatic heterocycles. The molecule has 0 radical (unpaired) electrons. The molecule has 7 nitrogen and oxygen atoms in total. The number of benzene rings is 1. The van der Waals surface area contributed by atoms with Crippen molar-refractivity contribution in [2.24, 2.45) is 0 Å². The summed E-state index contributed by atoms with van der Waals surface area (Å²) in [7, 11) is 0. The van der Waals surface area contributed by atoms with Crippen molar-refractivity contribution in [3.8, 4) is 11.3 Å². The quantitative estimate of drug-likeness (QED) is 0.628. The van der Waals surface area contributed by atoms with E-state index in [9.17, 15) is 18.7 Å². The third-order valence-electron chi connectivity index (χ3n) is 5.21. The molecule has 2 aromatic heterocycles. The number of pyridine rings is 1. The van der Waals surface area contributed by atoms with Crippen LogP contribution in [0.4, 0.5) is 14.7 Å². The molecule has 9 heteroatoms. The largest absolute Gasteiger partial charge is 0.386 e. The molecule has 162 valence electrons. The Morgan fingerprint density at radius 3 is 2.81 bits per heavy atom. The van der Waals surface area contributed by atoms with Gasteiger partial charge in [0.05, 0.1) is 18.3 Å². The summed E-state index contributed by atoms with van der Waals surface area (Å²) >= 11 is 0. The topological polar surface area (TPSA) is 89.3 Å². The molecule has 31 heavy (non-hydrogen) atoms. The summed E-state index contributed by atoms with van der Waals surface area (Å²) < 4.78 is 33.9. The Bertz CT molecular complexity index is 1120. The number of aromatic nitrogens is 3. The van der Waals surface area contributed by atoms with Gasteiger partial charge in [-0.25, -0.2) is 18.7 Å². The van der Waals surface area contributed by atoms with Gasteiger partial charge < -0.3 is 19.7 Å². The Morgan fingerprint density at radius 1 is 1.23 bits per heavy atom. The fourth-order valence-electron chi connectivity index (χ4n) is 3.49. The lowest BCUT2D eigenvalue weighted by Gasteiger charge is -2.23. The molecule has 1 saturated heterocycles. The lowest BCUT2D eigenvalue weighted by Crippen LogP contribution is -2.28. The molecule has 0 amide bonds. The van der Waals surface area contributed by atoms with Crippen molar-refractivity contribution in [3.05, 3.63) is 76.3 Å². The van der Waals surface area contributed by atoms with E-state index in [1.807, 2.05) is 0 Å². The van der Waals surface area contributed by atoms with E-state index in [0.717, 1.165) is 18.9 Å². The van der Waals surface area contributed by atoms with E-state index in [2.05, 4.69) is 15.3 Å². The van der Waals surface area contributed by atoms with Crippen LogP contribution in [0.25, 0.3) is 11.3 Å². The monoisotopic (exact) mass is 428 g/mol. The number of ether oxygens (including phenoxy) is 1.